The molecule has 0 rings (SSSR count). The fourth-order valence-corrected chi connectivity index (χ4v) is 0.537. The first-order valence-corrected chi connectivity index (χ1v) is 5.53. The molecule has 0 saturated carbocycles. The van der Waals surface area contributed by atoms with Gasteiger partial charge in [0.1, 0.15) is 8.07 Å². The molecule has 0 bridgehead atoms. The quantitative estimate of drug-likeness (QED) is 0.524. The molecule has 8 heavy (non-hydrogen) atoms. The van der Waals surface area contributed by atoms with Crippen molar-refractivity contribution in [1.29, 1.82) is 0 Å². The monoisotopic (exact) mass is 132 g/mol. The van der Waals surface area contributed by atoms with Crippen molar-refractivity contribution in [3.8, 4) is 0 Å². The highest BCUT2D eigenvalue weighted by atomic mass is 28.3. The van der Waals surface area contributed by atoms with E-state index < -0.39 is 8.07 Å². The van der Waals surface area contributed by atoms with Crippen LogP contribution in [0.3, 0.4) is 0 Å². The third kappa shape index (κ3) is 1.77. The minimum absolute atomic E-state index is 0.0903. The lowest BCUT2D eigenvalue weighted by Crippen LogP contribution is -2.38. The predicted octanol–water partition coefficient (Wildman–Crippen LogP) is -0.147. The molecule has 0 unspecified atom stereocenters. The molecule has 0 spiro atoms. The lowest BCUT2D eigenvalue weighted by molar-refractivity contribution is 0.325. The molecule has 2 N–H and O–H groups in total. The average Bonchev–Trinajstić information content (AvgIpc) is 1.87. The van der Waals surface area contributed by atoms with E-state index in [9.17, 15) is 0 Å². The lowest BCUT2D eigenvalue weighted by atomic mass is 11.3. The first-order valence-electron chi connectivity index (χ1n) is 2.54. The van der Waals surface area contributed by atoms with Crippen molar-refractivity contribution in [3.63, 3.8) is 0 Å². The van der Waals surface area contributed by atoms with Crippen molar-refractivity contribution in [2.24, 2.45) is 0 Å². The third-order valence-corrected chi connectivity index (χ3v) is 3.65. The van der Waals surface area contributed by atoms with Gasteiger partial charge in [-0.1, -0.05) is 12.2 Å². The molecule has 0 aliphatic carbocycles. The molecule has 0 aromatic carbocycles. The molecule has 0 radical (unpaired) electrons. The minimum Gasteiger partial charge on any atom is -0.399 e. The topological polar surface area (TPSA) is 40.5 Å². The van der Waals surface area contributed by atoms with Gasteiger partial charge in [-0.15, -0.1) is 6.58 Å². The molecule has 0 aliphatic heterocycles. The van der Waals surface area contributed by atoms with Crippen LogP contribution in [0.2, 0.25) is 6.55 Å². The van der Waals surface area contributed by atoms with Crippen molar-refractivity contribution in [3.05, 3.63) is 12.3 Å². The Balaban J connectivity index is 3.76. The van der Waals surface area contributed by atoms with Gasteiger partial charge in [-0.3, -0.25) is 0 Å². The van der Waals surface area contributed by atoms with Crippen molar-refractivity contribution in [1.82, 2.24) is 0 Å². The Bertz CT molecular complexity index is 78.5. The Morgan fingerprint density at radius 3 is 1.88 bits per heavy atom. The number of aliphatic hydroxyl groups is 2. The smallest absolute Gasteiger partial charge is 0.131 e. The van der Waals surface area contributed by atoms with Crippen molar-refractivity contribution in [2.75, 3.05) is 12.5 Å². The van der Waals surface area contributed by atoms with Crippen LogP contribution in [0.5, 0.6) is 0 Å². The van der Waals surface area contributed by atoms with Gasteiger partial charge >= 0.3 is 0 Å². The molecule has 0 aromatic heterocycles. The summed E-state index contributed by atoms with van der Waals surface area (Å²) in [5.41, 5.74) is 1.69. The van der Waals surface area contributed by atoms with Gasteiger partial charge in [0.05, 0.1) is 0 Å². The molecule has 0 amide bonds. The maximum atomic E-state index is 8.62. The Labute approximate surface area is 50.5 Å². The van der Waals surface area contributed by atoms with Crippen LogP contribution in [0.25, 0.3) is 0 Å². The van der Waals surface area contributed by atoms with Crippen LogP contribution in [0.1, 0.15) is 0 Å². The van der Waals surface area contributed by atoms with Gasteiger partial charge < -0.3 is 10.2 Å². The van der Waals surface area contributed by atoms with E-state index in [-0.39, 0.29) is 12.5 Å². The van der Waals surface area contributed by atoms with Crippen LogP contribution in [-0.2, 0) is 0 Å². The van der Waals surface area contributed by atoms with E-state index in [1.165, 1.54) is 0 Å². The van der Waals surface area contributed by atoms with E-state index in [1.807, 2.05) is 6.55 Å². The maximum Gasteiger partial charge on any atom is 0.131 e. The number of hydrogen-bond donors (Lipinski definition) is 2. The second kappa shape index (κ2) is 3.01. The maximum absolute atomic E-state index is 8.62. The summed E-state index contributed by atoms with van der Waals surface area (Å²) in [6.45, 7) is 5.39. The Hall–Kier alpha value is -0.123. The van der Waals surface area contributed by atoms with Gasteiger partial charge in [0.25, 0.3) is 0 Å². The summed E-state index contributed by atoms with van der Waals surface area (Å²) in [5.74, 6) is 0. The normalized spacial score (nSPS) is 11.4. The molecule has 0 atom stereocenters. The van der Waals surface area contributed by atoms with Crippen LogP contribution in [-0.4, -0.2) is 30.7 Å². The van der Waals surface area contributed by atoms with E-state index in [0.29, 0.717) is 0 Å². The third-order valence-electron chi connectivity index (χ3n) is 1.22. The lowest BCUT2D eigenvalue weighted by Gasteiger charge is -2.14. The fraction of sp³-hybridized carbons (Fsp3) is 0.600. The fourth-order valence-electron chi connectivity index (χ4n) is 0.179. The van der Waals surface area contributed by atoms with Crippen LogP contribution in [0.4, 0.5) is 0 Å². The van der Waals surface area contributed by atoms with E-state index >= 15 is 0 Å². The molecule has 0 fully saturated rings. The van der Waals surface area contributed by atoms with Gasteiger partial charge in [-0.25, -0.2) is 0 Å². The Morgan fingerprint density at radius 1 is 1.50 bits per heavy atom. The van der Waals surface area contributed by atoms with Gasteiger partial charge in [0, 0.05) is 12.5 Å². The highest BCUT2D eigenvalue weighted by Crippen LogP contribution is 1.98. The molecule has 0 aliphatic rings. The van der Waals surface area contributed by atoms with Gasteiger partial charge in [0.15, 0.2) is 0 Å². The summed E-state index contributed by atoms with van der Waals surface area (Å²) in [6.07, 6.45) is 0.181. The molecule has 0 heterocycles. The summed E-state index contributed by atoms with van der Waals surface area (Å²) in [7, 11) is -1.80. The minimum atomic E-state index is -1.80. The zero-order valence-electron chi connectivity index (χ0n) is 5.09. The number of hydrogen-bond acceptors (Lipinski definition) is 2. The van der Waals surface area contributed by atoms with Crippen molar-refractivity contribution in [2.45, 2.75) is 6.55 Å². The Kier molecular flexibility index (Phi) is 2.97. The molecule has 3 heteroatoms. The highest BCUT2D eigenvalue weighted by Gasteiger charge is 2.19. The summed E-state index contributed by atoms with van der Waals surface area (Å²) >= 11 is 0. The first kappa shape index (κ1) is 7.88. The predicted molar refractivity (Wildman–Crippen MR) is 36.0 cm³/mol. The average molecular weight is 132 g/mol. The zero-order valence-corrected chi connectivity index (χ0v) is 6.09. The van der Waals surface area contributed by atoms with Gasteiger partial charge in [0.2, 0.25) is 0 Å². The highest BCUT2D eigenvalue weighted by molar-refractivity contribution is 6.83. The van der Waals surface area contributed by atoms with Gasteiger partial charge in [-0.05, 0) is 0 Å². The van der Waals surface area contributed by atoms with Crippen molar-refractivity contribution < 1.29 is 10.2 Å². The van der Waals surface area contributed by atoms with Crippen LogP contribution in [0.15, 0.2) is 12.3 Å². The standard InChI is InChI=1S/C5H12O2Si/c1-3-8(2,4-6)5-7/h3,6-7H,1,4-5H2,2H3. The second-order valence-corrected chi connectivity index (χ2v) is 6.52. The van der Waals surface area contributed by atoms with Crippen LogP contribution >= 0.6 is 0 Å². The summed E-state index contributed by atoms with van der Waals surface area (Å²) in [4.78, 5) is 0. The first-order chi connectivity index (χ1) is 3.68. The van der Waals surface area contributed by atoms with E-state index in [1.54, 1.807) is 5.70 Å². The second-order valence-electron chi connectivity index (χ2n) is 2.17. The van der Waals surface area contributed by atoms with E-state index in [4.69, 9.17) is 10.2 Å². The van der Waals surface area contributed by atoms with Gasteiger partial charge in [-0.2, -0.15) is 0 Å². The van der Waals surface area contributed by atoms with Crippen LogP contribution < -0.4 is 0 Å². The largest absolute Gasteiger partial charge is 0.399 e. The zero-order chi connectivity index (χ0) is 6.62. The van der Waals surface area contributed by atoms with Crippen LogP contribution in [0, 0.1) is 0 Å². The Morgan fingerprint density at radius 2 is 1.88 bits per heavy atom. The van der Waals surface area contributed by atoms with E-state index in [0.717, 1.165) is 0 Å². The van der Waals surface area contributed by atoms with Crippen molar-refractivity contribution >= 4 is 8.07 Å². The molecule has 2 nitrogen and oxygen atoms in total. The summed E-state index contributed by atoms with van der Waals surface area (Å²) in [5, 5.41) is 17.2. The molecule has 48 valence electrons. The number of aliphatic hydroxyl groups excluding tert-OH is 2. The molecule has 0 saturated heterocycles. The number of rotatable bonds is 3. The molecule has 0 aromatic rings. The molecular formula is C5H12O2Si. The summed E-state index contributed by atoms with van der Waals surface area (Å²) in [6, 6.07) is 0. The molecular weight excluding hydrogens is 120 g/mol. The summed E-state index contributed by atoms with van der Waals surface area (Å²) < 4.78 is 0. The van der Waals surface area contributed by atoms with E-state index in [2.05, 4.69) is 6.58 Å². The SMILES string of the molecule is C=C[Si](C)(CO)CO.